The van der Waals surface area contributed by atoms with E-state index in [0.717, 1.165) is 11.8 Å². The number of likely N-dealkylation sites (tertiary alicyclic amines) is 1. The van der Waals surface area contributed by atoms with Gasteiger partial charge in [-0.05, 0) is 56.0 Å². The molecule has 0 aromatic heterocycles. The summed E-state index contributed by atoms with van der Waals surface area (Å²) in [6, 6.07) is 0. The van der Waals surface area contributed by atoms with Crippen molar-refractivity contribution in [1.82, 2.24) is 4.90 Å². The number of hydrogen-bond donors (Lipinski definition) is 0. The fraction of sp³-hybridized carbons (Fsp3) is 1.00. The van der Waals surface area contributed by atoms with Crippen LogP contribution in [0.25, 0.3) is 0 Å². The average molecular weight is 318 g/mol. The molecule has 1 aliphatic heterocycles. The van der Waals surface area contributed by atoms with Gasteiger partial charge in [-0.15, -0.1) is 0 Å². The zero-order valence-corrected chi connectivity index (χ0v) is 14.4. The topological polar surface area (TPSA) is 3.24 Å². The summed E-state index contributed by atoms with van der Waals surface area (Å²) in [6.07, 6.45) is 6.89. The molecule has 108 valence electrons. The molecule has 2 heteroatoms. The Morgan fingerprint density at radius 1 is 1.22 bits per heavy atom. The molecular formula is C16H32BrN. The maximum absolute atomic E-state index is 3.68. The minimum Gasteiger partial charge on any atom is -0.303 e. The number of nitrogens with zero attached hydrogens (tertiary/aromatic N) is 1. The third-order valence-corrected chi connectivity index (χ3v) is 5.39. The molecule has 0 aliphatic carbocycles. The quantitative estimate of drug-likeness (QED) is 0.649. The minimum absolute atomic E-state index is 0.494. The van der Waals surface area contributed by atoms with Crippen LogP contribution >= 0.6 is 15.9 Å². The predicted molar refractivity (Wildman–Crippen MR) is 85.4 cm³/mol. The summed E-state index contributed by atoms with van der Waals surface area (Å²) in [5, 5.41) is 1.17. The molecule has 1 heterocycles. The van der Waals surface area contributed by atoms with Crippen LogP contribution in [-0.2, 0) is 0 Å². The predicted octanol–water partition coefficient (Wildman–Crippen LogP) is 4.95. The van der Waals surface area contributed by atoms with E-state index in [9.17, 15) is 0 Å². The molecule has 0 amide bonds. The zero-order chi connectivity index (χ0) is 13.6. The lowest BCUT2D eigenvalue weighted by Gasteiger charge is -2.30. The van der Waals surface area contributed by atoms with E-state index in [4.69, 9.17) is 0 Å². The fourth-order valence-electron chi connectivity index (χ4n) is 3.20. The Morgan fingerprint density at radius 2 is 1.94 bits per heavy atom. The van der Waals surface area contributed by atoms with Gasteiger partial charge in [-0.2, -0.15) is 0 Å². The van der Waals surface area contributed by atoms with E-state index in [2.05, 4.69) is 48.5 Å². The van der Waals surface area contributed by atoms with Crippen LogP contribution < -0.4 is 0 Å². The molecular weight excluding hydrogens is 286 g/mol. The standard InChI is InChI=1S/C16H32BrN/c1-5-7-14(12-17)13-18-10-6-8-15(9-11-18)16(2,3)4/h14-15H,5-13H2,1-4H3. The molecule has 1 saturated heterocycles. The largest absolute Gasteiger partial charge is 0.303 e. The second-order valence-corrected chi connectivity index (χ2v) is 7.75. The van der Waals surface area contributed by atoms with E-state index in [1.165, 1.54) is 57.1 Å². The Hall–Kier alpha value is 0.440. The van der Waals surface area contributed by atoms with E-state index < -0.39 is 0 Å². The first-order valence-electron chi connectivity index (χ1n) is 7.75. The van der Waals surface area contributed by atoms with Gasteiger partial charge < -0.3 is 4.90 Å². The highest BCUT2D eigenvalue weighted by molar-refractivity contribution is 9.09. The molecule has 2 atom stereocenters. The van der Waals surface area contributed by atoms with E-state index in [-0.39, 0.29) is 0 Å². The van der Waals surface area contributed by atoms with Crippen molar-refractivity contribution in [2.75, 3.05) is 25.0 Å². The molecule has 0 aromatic carbocycles. The highest BCUT2D eigenvalue weighted by atomic mass is 79.9. The van der Waals surface area contributed by atoms with Crippen molar-refractivity contribution in [1.29, 1.82) is 0 Å². The molecule has 0 radical (unpaired) electrons. The first-order valence-corrected chi connectivity index (χ1v) is 8.87. The van der Waals surface area contributed by atoms with E-state index in [1.807, 2.05) is 0 Å². The Balaban J connectivity index is 2.41. The van der Waals surface area contributed by atoms with Crippen molar-refractivity contribution < 1.29 is 0 Å². The molecule has 1 nitrogen and oxygen atoms in total. The molecule has 18 heavy (non-hydrogen) atoms. The first kappa shape index (κ1) is 16.5. The normalized spacial score (nSPS) is 24.8. The highest BCUT2D eigenvalue weighted by Gasteiger charge is 2.27. The summed E-state index contributed by atoms with van der Waals surface area (Å²) < 4.78 is 0. The molecule has 0 aromatic rings. The van der Waals surface area contributed by atoms with Gasteiger partial charge in [0.15, 0.2) is 0 Å². The maximum atomic E-state index is 3.68. The molecule has 1 aliphatic rings. The smallest absolute Gasteiger partial charge is 0.00718 e. The minimum atomic E-state index is 0.494. The summed E-state index contributed by atoms with van der Waals surface area (Å²) in [6.45, 7) is 13.5. The van der Waals surface area contributed by atoms with Gasteiger partial charge in [-0.1, -0.05) is 50.0 Å². The van der Waals surface area contributed by atoms with Gasteiger partial charge in [0.1, 0.15) is 0 Å². The van der Waals surface area contributed by atoms with Crippen LogP contribution in [0.15, 0.2) is 0 Å². The van der Waals surface area contributed by atoms with E-state index in [1.54, 1.807) is 0 Å². The van der Waals surface area contributed by atoms with Gasteiger partial charge in [0.2, 0.25) is 0 Å². The molecule has 1 fully saturated rings. The molecule has 0 N–H and O–H groups in total. The summed E-state index contributed by atoms with van der Waals surface area (Å²) in [5.41, 5.74) is 0.494. The van der Waals surface area contributed by atoms with E-state index in [0.29, 0.717) is 5.41 Å². The van der Waals surface area contributed by atoms with Crippen molar-refractivity contribution in [3.8, 4) is 0 Å². The van der Waals surface area contributed by atoms with Crippen molar-refractivity contribution in [3.63, 3.8) is 0 Å². The second kappa shape index (κ2) is 7.89. The monoisotopic (exact) mass is 317 g/mol. The van der Waals surface area contributed by atoms with Crippen molar-refractivity contribution in [3.05, 3.63) is 0 Å². The molecule has 0 bridgehead atoms. The lowest BCUT2D eigenvalue weighted by Crippen LogP contribution is -2.31. The molecule has 2 unspecified atom stereocenters. The van der Waals surface area contributed by atoms with Gasteiger partial charge in [-0.25, -0.2) is 0 Å². The van der Waals surface area contributed by atoms with Crippen molar-refractivity contribution in [2.45, 2.75) is 59.8 Å². The van der Waals surface area contributed by atoms with E-state index >= 15 is 0 Å². The number of halogens is 1. The lowest BCUT2D eigenvalue weighted by molar-refractivity contribution is 0.200. The third-order valence-electron chi connectivity index (χ3n) is 4.48. The third kappa shape index (κ3) is 5.61. The molecule has 1 rings (SSSR count). The highest BCUT2D eigenvalue weighted by Crippen LogP contribution is 2.34. The van der Waals surface area contributed by atoms with Crippen LogP contribution in [0.3, 0.4) is 0 Å². The summed E-state index contributed by atoms with van der Waals surface area (Å²) in [5.74, 6) is 1.76. The zero-order valence-electron chi connectivity index (χ0n) is 12.8. The Kier molecular flexibility index (Phi) is 7.23. The number of alkyl halides is 1. The van der Waals surface area contributed by atoms with Gasteiger partial charge in [0, 0.05) is 11.9 Å². The summed E-state index contributed by atoms with van der Waals surface area (Å²) in [7, 11) is 0. The fourth-order valence-corrected chi connectivity index (χ4v) is 3.72. The van der Waals surface area contributed by atoms with Crippen LogP contribution in [0.1, 0.15) is 59.8 Å². The SMILES string of the molecule is CCCC(CBr)CN1CCCC(C(C)(C)C)CC1. The average Bonchev–Trinajstić information content (AvgIpc) is 2.53. The van der Waals surface area contributed by atoms with Crippen LogP contribution in [0.2, 0.25) is 0 Å². The van der Waals surface area contributed by atoms with Crippen molar-refractivity contribution in [2.24, 2.45) is 17.3 Å². The van der Waals surface area contributed by atoms with Crippen LogP contribution in [0.4, 0.5) is 0 Å². The second-order valence-electron chi connectivity index (χ2n) is 7.10. The molecule has 0 saturated carbocycles. The van der Waals surface area contributed by atoms with Gasteiger partial charge in [0.25, 0.3) is 0 Å². The van der Waals surface area contributed by atoms with Crippen LogP contribution in [0.5, 0.6) is 0 Å². The van der Waals surface area contributed by atoms with Crippen molar-refractivity contribution >= 4 is 15.9 Å². The maximum Gasteiger partial charge on any atom is 0.00718 e. The van der Waals surface area contributed by atoms with Gasteiger partial charge in [-0.3, -0.25) is 0 Å². The van der Waals surface area contributed by atoms with Gasteiger partial charge in [0.05, 0.1) is 0 Å². The van der Waals surface area contributed by atoms with Crippen LogP contribution in [-0.4, -0.2) is 29.9 Å². The lowest BCUT2D eigenvalue weighted by atomic mass is 9.77. The number of hydrogen-bond acceptors (Lipinski definition) is 1. The molecule has 0 spiro atoms. The van der Waals surface area contributed by atoms with Gasteiger partial charge >= 0.3 is 0 Å². The summed E-state index contributed by atoms with van der Waals surface area (Å²) in [4.78, 5) is 2.72. The Labute approximate surface area is 123 Å². The number of rotatable bonds is 5. The Morgan fingerprint density at radius 3 is 2.50 bits per heavy atom. The summed E-state index contributed by atoms with van der Waals surface area (Å²) >= 11 is 3.68. The van der Waals surface area contributed by atoms with Crippen LogP contribution in [0, 0.1) is 17.3 Å². The Bertz CT molecular complexity index is 222. The first-order chi connectivity index (χ1) is 8.47.